The number of ether oxygens (including phenoxy) is 1. The number of carbonyl (C=O) groups excluding carboxylic acids is 1. The van der Waals surface area contributed by atoms with E-state index in [9.17, 15) is 4.79 Å². The summed E-state index contributed by atoms with van der Waals surface area (Å²) in [4.78, 5) is 23.8. The predicted octanol–water partition coefficient (Wildman–Crippen LogP) is 4.50. The molecule has 0 saturated heterocycles. The Kier molecular flexibility index (Phi) is 7.12. The maximum atomic E-state index is 12.3. The van der Waals surface area contributed by atoms with Crippen molar-refractivity contribution in [3.05, 3.63) is 48.5 Å². The van der Waals surface area contributed by atoms with Gasteiger partial charge >= 0.3 is 6.03 Å². The lowest BCUT2D eigenvalue weighted by Crippen LogP contribution is -2.36. The van der Waals surface area contributed by atoms with Gasteiger partial charge in [-0.1, -0.05) is 24.3 Å². The minimum Gasteiger partial charge on any atom is -0.495 e. The zero-order chi connectivity index (χ0) is 23.2. The molecule has 1 fully saturated rings. The van der Waals surface area contributed by atoms with E-state index in [0.29, 0.717) is 35.9 Å². The van der Waals surface area contributed by atoms with E-state index in [0.717, 1.165) is 42.4 Å². The summed E-state index contributed by atoms with van der Waals surface area (Å²) in [6.45, 7) is 0.658. The van der Waals surface area contributed by atoms with E-state index in [-0.39, 0.29) is 6.03 Å². The number of nitrogens with zero attached hydrogens (tertiary/aromatic N) is 3. The first-order valence-corrected chi connectivity index (χ1v) is 11.4. The summed E-state index contributed by atoms with van der Waals surface area (Å²) in [7, 11) is 5.59. The number of hydrogen-bond acceptors (Lipinski definition) is 6. The minimum absolute atomic E-state index is 0.208. The molecule has 174 valence electrons. The second-order valence-electron chi connectivity index (χ2n) is 8.68. The molecule has 8 nitrogen and oxygen atoms in total. The maximum absolute atomic E-state index is 12.3. The molecule has 0 bridgehead atoms. The molecule has 0 spiro atoms. The number of urea groups is 1. The van der Waals surface area contributed by atoms with Crippen molar-refractivity contribution in [3.8, 4) is 5.75 Å². The van der Waals surface area contributed by atoms with Crippen LogP contribution in [0.2, 0.25) is 0 Å². The van der Waals surface area contributed by atoms with Crippen LogP contribution in [0.15, 0.2) is 48.5 Å². The van der Waals surface area contributed by atoms with Crippen LogP contribution in [0.3, 0.4) is 0 Å². The fraction of sp³-hybridized carbons (Fsp3) is 0.400. The van der Waals surface area contributed by atoms with E-state index in [1.165, 1.54) is 0 Å². The summed E-state index contributed by atoms with van der Waals surface area (Å²) < 4.78 is 5.28. The van der Waals surface area contributed by atoms with Gasteiger partial charge in [-0.15, -0.1) is 0 Å². The molecule has 1 heterocycles. The highest BCUT2D eigenvalue weighted by molar-refractivity contribution is 5.91. The molecule has 2 amide bonds. The number of nitrogens with one attached hydrogen (secondary N) is 3. The first-order chi connectivity index (χ1) is 16.0. The second-order valence-corrected chi connectivity index (χ2v) is 8.68. The Labute approximate surface area is 194 Å². The Morgan fingerprint density at radius 3 is 2.52 bits per heavy atom. The van der Waals surface area contributed by atoms with Crippen molar-refractivity contribution in [3.63, 3.8) is 0 Å². The van der Waals surface area contributed by atoms with E-state index in [2.05, 4.69) is 22.0 Å². The first kappa shape index (κ1) is 22.6. The van der Waals surface area contributed by atoms with E-state index >= 15 is 0 Å². The molecule has 0 aliphatic heterocycles. The van der Waals surface area contributed by atoms with E-state index in [1.54, 1.807) is 7.11 Å². The third-order valence-electron chi connectivity index (χ3n) is 6.09. The number of methoxy groups -OCH3 is 1. The van der Waals surface area contributed by atoms with E-state index in [1.807, 2.05) is 61.5 Å². The van der Waals surface area contributed by atoms with Crippen molar-refractivity contribution in [1.29, 1.82) is 0 Å². The summed E-state index contributed by atoms with van der Waals surface area (Å²) >= 11 is 0. The van der Waals surface area contributed by atoms with Gasteiger partial charge in [0, 0.05) is 32.1 Å². The number of para-hydroxylation sites is 3. The van der Waals surface area contributed by atoms with Crippen molar-refractivity contribution >= 4 is 34.4 Å². The van der Waals surface area contributed by atoms with Crippen LogP contribution in [0.25, 0.3) is 10.9 Å². The fourth-order valence-electron chi connectivity index (χ4n) is 4.31. The van der Waals surface area contributed by atoms with Crippen LogP contribution < -0.4 is 25.6 Å². The molecule has 1 aliphatic rings. The molecule has 1 aliphatic carbocycles. The van der Waals surface area contributed by atoms with Crippen molar-refractivity contribution in [2.45, 2.75) is 31.7 Å². The van der Waals surface area contributed by atoms with Crippen molar-refractivity contribution in [2.75, 3.05) is 43.3 Å². The number of carbonyl (C=O) groups is 1. The van der Waals surface area contributed by atoms with Gasteiger partial charge in [-0.3, -0.25) is 0 Å². The Hall–Kier alpha value is -3.55. The molecule has 3 N–H and O–H groups in total. The Morgan fingerprint density at radius 2 is 1.76 bits per heavy atom. The molecule has 4 rings (SSSR count). The molecule has 3 aromatic rings. The van der Waals surface area contributed by atoms with E-state index < -0.39 is 0 Å². The number of amides is 2. The van der Waals surface area contributed by atoms with Gasteiger partial charge in [0.1, 0.15) is 11.6 Å². The molecule has 0 unspecified atom stereocenters. The van der Waals surface area contributed by atoms with Crippen LogP contribution in [0, 0.1) is 5.92 Å². The highest BCUT2D eigenvalue weighted by Gasteiger charge is 2.23. The van der Waals surface area contributed by atoms with Crippen LogP contribution in [0.4, 0.5) is 22.2 Å². The van der Waals surface area contributed by atoms with Crippen molar-refractivity contribution in [1.82, 2.24) is 15.3 Å². The monoisotopic (exact) mass is 448 g/mol. The summed E-state index contributed by atoms with van der Waals surface area (Å²) in [5.74, 6) is 2.70. The number of hydrogen-bond donors (Lipinski definition) is 3. The average Bonchev–Trinajstić information content (AvgIpc) is 2.83. The molecule has 2 aromatic carbocycles. The van der Waals surface area contributed by atoms with Gasteiger partial charge in [-0.2, -0.15) is 4.98 Å². The number of fused-ring (bicyclic) bond motifs is 1. The SMILES string of the molecule is COc1ccccc1NC(=O)NC[C@H]1CC[C@@H](Nc2nc(N(C)C)c3ccccc3n2)CC1. The number of aromatic nitrogens is 2. The number of rotatable bonds is 7. The van der Waals surface area contributed by atoms with Gasteiger partial charge in [0.2, 0.25) is 5.95 Å². The molecular formula is C25H32N6O2. The fourth-order valence-corrected chi connectivity index (χ4v) is 4.31. The van der Waals surface area contributed by atoms with Crippen LogP contribution >= 0.6 is 0 Å². The van der Waals surface area contributed by atoms with Gasteiger partial charge in [-0.05, 0) is 55.9 Å². The van der Waals surface area contributed by atoms with Gasteiger partial charge < -0.3 is 25.6 Å². The topological polar surface area (TPSA) is 91.4 Å². The molecule has 0 radical (unpaired) electrons. The van der Waals surface area contributed by atoms with Gasteiger partial charge in [0.05, 0.1) is 18.3 Å². The van der Waals surface area contributed by atoms with Crippen LogP contribution in [0.1, 0.15) is 25.7 Å². The average molecular weight is 449 g/mol. The Morgan fingerprint density at radius 1 is 1.03 bits per heavy atom. The quantitative estimate of drug-likeness (QED) is 0.493. The van der Waals surface area contributed by atoms with Gasteiger partial charge in [-0.25, -0.2) is 9.78 Å². The van der Waals surface area contributed by atoms with Crippen LogP contribution in [-0.4, -0.2) is 49.8 Å². The van der Waals surface area contributed by atoms with Crippen LogP contribution in [-0.2, 0) is 0 Å². The van der Waals surface area contributed by atoms with E-state index in [4.69, 9.17) is 14.7 Å². The summed E-state index contributed by atoms with van der Waals surface area (Å²) in [5.41, 5.74) is 1.61. The highest BCUT2D eigenvalue weighted by Crippen LogP contribution is 2.28. The normalized spacial score (nSPS) is 17.9. The largest absolute Gasteiger partial charge is 0.495 e. The lowest BCUT2D eigenvalue weighted by molar-refractivity contribution is 0.246. The van der Waals surface area contributed by atoms with Gasteiger partial charge in [0.15, 0.2) is 0 Å². The van der Waals surface area contributed by atoms with Crippen molar-refractivity contribution < 1.29 is 9.53 Å². The summed E-state index contributed by atoms with van der Waals surface area (Å²) in [6.07, 6.45) is 4.13. The third kappa shape index (κ3) is 5.63. The zero-order valence-corrected chi connectivity index (χ0v) is 19.5. The molecule has 8 heteroatoms. The maximum Gasteiger partial charge on any atom is 0.319 e. The van der Waals surface area contributed by atoms with Gasteiger partial charge in [0.25, 0.3) is 0 Å². The summed E-state index contributed by atoms with van der Waals surface area (Å²) in [6, 6.07) is 15.6. The smallest absolute Gasteiger partial charge is 0.319 e. The van der Waals surface area contributed by atoms with Crippen molar-refractivity contribution in [2.24, 2.45) is 5.92 Å². The highest BCUT2D eigenvalue weighted by atomic mass is 16.5. The molecule has 0 atom stereocenters. The zero-order valence-electron chi connectivity index (χ0n) is 19.5. The lowest BCUT2D eigenvalue weighted by atomic mass is 9.86. The first-order valence-electron chi connectivity index (χ1n) is 11.4. The molecular weight excluding hydrogens is 416 g/mol. The Balaban J connectivity index is 1.27. The molecule has 1 saturated carbocycles. The lowest BCUT2D eigenvalue weighted by Gasteiger charge is -2.29. The summed E-state index contributed by atoms with van der Waals surface area (Å²) in [5, 5.41) is 10.5. The minimum atomic E-state index is -0.208. The molecule has 1 aromatic heterocycles. The number of benzene rings is 2. The standard InChI is InChI=1S/C25H32N6O2/c1-31(2)23-19-8-4-5-9-20(19)28-24(30-23)27-18-14-12-17(13-15-18)16-26-25(32)29-21-10-6-7-11-22(21)33-3/h4-11,17-18H,12-16H2,1-3H3,(H2,26,29,32)(H,27,28,30)/t17-,18+. The van der Waals surface area contributed by atoms with Crippen LogP contribution in [0.5, 0.6) is 5.75 Å². The third-order valence-corrected chi connectivity index (χ3v) is 6.09. The number of anilines is 3. The molecule has 33 heavy (non-hydrogen) atoms. The Bertz CT molecular complexity index is 1100. The second kappa shape index (κ2) is 10.4. The predicted molar refractivity (Wildman–Crippen MR) is 133 cm³/mol.